The van der Waals surface area contributed by atoms with E-state index in [1.165, 1.54) is 5.56 Å². The Balaban J connectivity index is 1.36. The minimum absolute atomic E-state index is 0.164. The van der Waals surface area contributed by atoms with Gasteiger partial charge >= 0.3 is 6.03 Å². The van der Waals surface area contributed by atoms with Crippen molar-refractivity contribution in [3.8, 4) is 5.75 Å². The second kappa shape index (κ2) is 10.3. The molecule has 0 unspecified atom stereocenters. The standard InChI is InChI=1S/C22H28ClN3O2/c1-2-28-20-9-7-19(8-10-20)25-22(27)24-15-17-11-13-26(14-12-17)16-18-5-3-4-6-21(18)23/h3-10,17H,2,11-16H2,1H3,(H2,24,25,27). The molecule has 0 spiro atoms. The number of halogens is 1. The third kappa shape index (κ3) is 6.14. The SMILES string of the molecule is CCOc1ccc(NC(=O)NCC2CCN(Cc3ccccc3Cl)CC2)cc1. The Morgan fingerprint density at radius 3 is 2.54 bits per heavy atom. The minimum atomic E-state index is -0.164. The Morgan fingerprint density at radius 1 is 1.14 bits per heavy atom. The number of amides is 2. The predicted molar refractivity (Wildman–Crippen MR) is 114 cm³/mol. The van der Waals surface area contributed by atoms with Gasteiger partial charge in [-0.15, -0.1) is 0 Å². The van der Waals surface area contributed by atoms with Crippen molar-refractivity contribution in [1.82, 2.24) is 10.2 Å². The average molecular weight is 402 g/mol. The zero-order valence-corrected chi connectivity index (χ0v) is 17.0. The molecule has 5 nitrogen and oxygen atoms in total. The second-order valence-electron chi connectivity index (χ2n) is 7.10. The van der Waals surface area contributed by atoms with E-state index < -0.39 is 0 Å². The van der Waals surface area contributed by atoms with Crippen molar-refractivity contribution < 1.29 is 9.53 Å². The quantitative estimate of drug-likeness (QED) is 0.702. The summed E-state index contributed by atoms with van der Waals surface area (Å²) >= 11 is 6.26. The fourth-order valence-electron chi connectivity index (χ4n) is 3.43. The van der Waals surface area contributed by atoms with Crippen molar-refractivity contribution in [2.24, 2.45) is 5.92 Å². The molecule has 0 atom stereocenters. The van der Waals surface area contributed by atoms with Crippen LogP contribution in [0.4, 0.5) is 10.5 Å². The van der Waals surface area contributed by atoms with Crippen LogP contribution in [0.1, 0.15) is 25.3 Å². The van der Waals surface area contributed by atoms with E-state index in [1.54, 1.807) is 0 Å². The molecule has 1 fully saturated rings. The van der Waals surface area contributed by atoms with Crippen LogP contribution in [0.3, 0.4) is 0 Å². The van der Waals surface area contributed by atoms with E-state index in [4.69, 9.17) is 16.3 Å². The molecule has 2 aromatic rings. The van der Waals surface area contributed by atoms with E-state index in [-0.39, 0.29) is 6.03 Å². The highest BCUT2D eigenvalue weighted by Gasteiger charge is 2.20. The molecule has 1 heterocycles. The molecule has 1 aliphatic rings. The first-order valence-electron chi connectivity index (χ1n) is 9.87. The van der Waals surface area contributed by atoms with Crippen molar-refractivity contribution >= 4 is 23.3 Å². The number of rotatable bonds is 7. The van der Waals surface area contributed by atoms with Crippen LogP contribution in [0.2, 0.25) is 5.02 Å². The van der Waals surface area contributed by atoms with Crippen molar-refractivity contribution in [1.29, 1.82) is 0 Å². The number of likely N-dealkylation sites (tertiary alicyclic amines) is 1. The second-order valence-corrected chi connectivity index (χ2v) is 7.51. The van der Waals surface area contributed by atoms with Crippen molar-refractivity contribution in [2.45, 2.75) is 26.3 Å². The van der Waals surface area contributed by atoms with Gasteiger partial charge in [-0.1, -0.05) is 29.8 Å². The number of urea groups is 1. The Labute approximate surface area is 172 Å². The molecule has 0 bridgehead atoms. The van der Waals surface area contributed by atoms with Crippen LogP contribution in [0.5, 0.6) is 5.75 Å². The fourth-order valence-corrected chi connectivity index (χ4v) is 3.63. The average Bonchev–Trinajstić information content (AvgIpc) is 2.71. The van der Waals surface area contributed by atoms with Crippen molar-refractivity contribution in [3.05, 3.63) is 59.1 Å². The van der Waals surface area contributed by atoms with E-state index >= 15 is 0 Å². The monoisotopic (exact) mass is 401 g/mol. The first-order chi connectivity index (χ1) is 13.6. The molecule has 0 radical (unpaired) electrons. The third-order valence-corrected chi connectivity index (χ3v) is 5.40. The summed E-state index contributed by atoms with van der Waals surface area (Å²) in [6.07, 6.45) is 2.15. The van der Waals surface area contributed by atoms with Gasteiger partial charge in [-0.25, -0.2) is 4.79 Å². The summed E-state index contributed by atoms with van der Waals surface area (Å²) < 4.78 is 5.41. The molecule has 1 aliphatic heterocycles. The topological polar surface area (TPSA) is 53.6 Å². The number of ether oxygens (including phenoxy) is 1. The van der Waals surface area contributed by atoms with Gasteiger partial charge in [0.2, 0.25) is 0 Å². The van der Waals surface area contributed by atoms with Gasteiger partial charge < -0.3 is 15.4 Å². The molecule has 150 valence electrons. The first kappa shape index (κ1) is 20.5. The van der Waals surface area contributed by atoms with Gasteiger partial charge in [-0.3, -0.25) is 4.90 Å². The Bertz CT molecular complexity index is 759. The van der Waals surface area contributed by atoms with Crippen LogP contribution in [-0.4, -0.2) is 37.2 Å². The number of carbonyl (C=O) groups is 1. The molecule has 2 amide bonds. The molecule has 2 aromatic carbocycles. The predicted octanol–water partition coefficient (Wildman–Crippen LogP) is 4.77. The van der Waals surface area contributed by atoms with Crippen LogP contribution in [0.25, 0.3) is 0 Å². The summed E-state index contributed by atoms with van der Waals surface area (Å²) in [6.45, 7) is 6.21. The minimum Gasteiger partial charge on any atom is -0.494 e. The first-order valence-corrected chi connectivity index (χ1v) is 10.3. The van der Waals surface area contributed by atoms with Crippen LogP contribution < -0.4 is 15.4 Å². The molecule has 6 heteroatoms. The van der Waals surface area contributed by atoms with E-state index in [0.717, 1.165) is 48.9 Å². The number of anilines is 1. The molecule has 28 heavy (non-hydrogen) atoms. The Morgan fingerprint density at radius 2 is 1.86 bits per heavy atom. The van der Waals surface area contributed by atoms with Gasteiger partial charge in [0.15, 0.2) is 0 Å². The molecule has 1 saturated heterocycles. The van der Waals surface area contributed by atoms with E-state index in [1.807, 2.05) is 49.4 Å². The smallest absolute Gasteiger partial charge is 0.319 e. The van der Waals surface area contributed by atoms with Crippen LogP contribution in [0, 0.1) is 5.92 Å². The normalized spacial score (nSPS) is 15.2. The zero-order chi connectivity index (χ0) is 19.8. The molecular weight excluding hydrogens is 374 g/mol. The molecule has 0 aromatic heterocycles. The molecule has 0 saturated carbocycles. The summed E-state index contributed by atoms with van der Waals surface area (Å²) in [5, 5.41) is 6.69. The number of hydrogen-bond acceptors (Lipinski definition) is 3. The number of hydrogen-bond donors (Lipinski definition) is 2. The highest BCUT2D eigenvalue weighted by atomic mass is 35.5. The maximum atomic E-state index is 12.1. The maximum Gasteiger partial charge on any atom is 0.319 e. The summed E-state index contributed by atoms with van der Waals surface area (Å²) in [6, 6.07) is 15.3. The van der Waals surface area contributed by atoms with Gasteiger partial charge in [0.25, 0.3) is 0 Å². The zero-order valence-electron chi connectivity index (χ0n) is 16.3. The highest BCUT2D eigenvalue weighted by Crippen LogP contribution is 2.22. The highest BCUT2D eigenvalue weighted by molar-refractivity contribution is 6.31. The third-order valence-electron chi connectivity index (χ3n) is 5.03. The number of nitrogens with zero attached hydrogens (tertiary/aromatic N) is 1. The van der Waals surface area contributed by atoms with E-state index in [9.17, 15) is 4.79 Å². The molecule has 2 N–H and O–H groups in total. The van der Waals surface area contributed by atoms with Gasteiger partial charge in [0.1, 0.15) is 5.75 Å². The van der Waals surface area contributed by atoms with Crippen molar-refractivity contribution in [2.75, 3.05) is 31.6 Å². The van der Waals surface area contributed by atoms with E-state index in [0.29, 0.717) is 19.1 Å². The number of carbonyl (C=O) groups excluding carboxylic acids is 1. The molecule has 3 rings (SSSR count). The summed E-state index contributed by atoms with van der Waals surface area (Å²) in [4.78, 5) is 14.6. The van der Waals surface area contributed by atoms with Gasteiger partial charge in [-0.05, 0) is 74.7 Å². The Kier molecular flexibility index (Phi) is 7.57. The fraction of sp³-hybridized carbons (Fsp3) is 0.409. The number of benzene rings is 2. The van der Waals surface area contributed by atoms with Gasteiger partial charge in [0.05, 0.1) is 6.61 Å². The lowest BCUT2D eigenvalue weighted by Crippen LogP contribution is -2.39. The van der Waals surface area contributed by atoms with Crippen LogP contribution in [0.15, 0.2) is 48.5 Å². The van der Waals surface area contributed by atoms with Crippen LogP contribution >= 0.6 is 11.6 Å². The summed E-state index contributed by atoms with van der Waals surface area (Å²) in [7, 11) is 0. The lowest BCUT2D eigenvalue weighted by atomic mass is 9.96. The van der Waals surface area contributed by atoms with Gasteiger partial charge in [0, 0.05) is 23.8 Å². The van der Waals surface area contributed by atoms with E-state index in [2.05, 4.69) is 21.6 Å². The largest absolute Gasteiger partial charge is 0.494 e. The lowest BCUT2D eigenvalue weighted by molar-refractivity contribution is 0.176. The summed E-state index contributed by atoms with van der Waals surface area (Å²) in [5.41, 5.74) is 1.94. The number of piperidine rings is 1. The van der Waals surface area contributed by atoms with Crippen molar-refractivity contribution in [3.63, 3.8) is 0 Å². The maximum absolute atomic E-state index is 12.1. The summed E-state index contributed by atoms with van der Waals surface area (Å²) in [5.74, 6) is 1.31. The van der Waals surface area contributed by atoms with Gasteiger partial charge in [-0.2, -0.15) is 0 Å². The lowest BCUT2D eigenvalue weighted by Gasteiger charge is -2.32. The Hall–Kier alpha value is -2.24. The number of nitrogens with one attached hydrogen (secondary N) is 2. The molecular formula is C22H28ClN3O2. The molecule has 0 aliphatic carbocycles. The van der Waals surface area contributed by atoms with Crippen LogP contribution in [-0.2, 0) is 6.54 Å².